The van der Waals surface area contributed by atoms with Crippen LogP contribution in [-0.2, 0) is 0 Å². The fourth-order valence-corrected chi connectivity index (χ4v) is 3.86. The Morgan fingerprint density at radius 2 is 2.11 bits per heavy atom. The summed E-state index contributed by atoms with van der Waals surface area (Å²) in [5.74, 6) is 0.505. The molecule has 27 heavy (non-hydrogen) atoms. The van der Waals surface area contributed by atoms with Crippen molar-refractivity contribution in [2.75, 3.05) is 11.4 Å². The molecule has 0 N–H and O–H groups in total. The summed E-state index contributed by atoms with van der Waals surface area (Å²) in [6.07, 6.45) is 10.6. The van der Waals surface area contributed by atoms with Crippen LogP contribution in [0.2, 0.25) is 0 Å². The second-order valence-corrected chi connectivity index (χ2v) is 7.32. The molecule has 0 saturated carbocycles. The summed E-state index contributed by atoms with van der Waals surface area (Å²) in [7, 11) is 0. The maximum Gasteiger partial charge on any atom is 0.183 e. The number of fused-ring (bicyclic) bond motifs is 1. The molecule has 0 bridgehead atoms. The molecule has 1 fully saturated rings. The van der Waals surface area contributed by atoms with Gasteiger partial charge in [0.05, 0.1) is 28.6 Å². The first-order valence-electron chi connectivity index (χ1n) is 8.63. The van der Waals surface area contributed by atoms with E-state index in [1.54, 1.807) is 33.9 Å². The molecule has 0 amide bonds. The summed E-state index contributed by atoms with van der Waals surface area (Å²) in [5.41, 5.74) is 1.94. The van der Waals surface area contributed by atoms with Gasteiger partial charge < -0.3 is 4.90 Å². The van der Waals surface area contributed by atoms with Crippen LogP contribution in [-0.4, -0.2) is 35.9 Å². The molecule has 1 unspecified atom stereocenters. The molecular weight excluding hydrogens is 413 g/mol. The molecule has 5 rings (SSSR count). The van der Waals surface area contributed by atoms with Crippen molar-refractivity contribution in [2.24, 2.45) is 0 Å². The number of pyridine rings is 1. The summed E-state index contributed by atoms with van der Waals surface area (Å²) < 4.78 is 18.6. The van der Waals surface area contributed by atoms with Gasteiger partial charge in [-0.15, -0.1) is 0 Å². The zero-order chi connectivity index (χ0) is 18.4. The third kappa shape index (κ3) is 2.78. The molecule has 7 nitrogen and oxygen atoms in total. The van der Waals surface area contributed by atoms with E-state index in [0.29, 0.717) is 11.3 Å². The summed E-state index contributed by atoms with van der Waals surface area (Å²) in [6.45, 7) is 0.806. The van der Waals surface area contributed by atoms with Crippen LogP contribution in [0.4, 0.5) is 10.2 Å². The average Bonchev–Trinajstić information content (AvgIpc) is 3.40. The van der Waals surface area contributed by atoms with Gasteiger partial charge in [0.2, 0.25) is 0 Å². The van der Waals surface area contributed by atoms with Gasteiger partial charge >= 0.3 is 0 Å². The molecular formula is C18H15BrFN7. The highest BCUT2D eigenvalue weighted by molar-refractivity contribution is 9.10. The van der Waals surface area contributed by atoms with E-state index >= 15 is 0 Å². The minimum atomic E-state index is -0.276. The van der Waals surface area contributed by atoms with Crippen LogP contribution >= 0.6 is 15.9 Å². The zero-order valence-corrected chi connectivity index (χ0v) is 15.8. The van der Waals surface area contributed by atoms with Crippen LogP contribution in [0, 0.1) is 5.82 Å². The van der Waals surface area contributed by atoms with Crippen LogP contribution in [0.1, 0.15) is 24.6 Å². The smallest absolute Gasteiger partial charge is 0.183 e. The Kier molecular flexibility index (Phi) is 3.89. The van der Waals surface area contributed by atoms with E-state index in [-0.39, 0.29) is 11.9 Å². The van der Waals surface area contributed by atoms with Crippen LogP contribution in [0.25, 0.3) is 11.3 Å². The number of aromatic nitrogens is 6. The quantitative estimate of drug-likeness (QED) is 0.500. The van der Waals surface area contributed by atoms with Crippen molar-refractivity contribution >= 4 is 27.4 Å². The van der Waals surface area contributed by atoms with Gasteiger partial charge in [-0.3, -0.25) is 4.98 Å². The first kappa shape index (κ1) is 16.4. The Morgan fingerprint density at radius 1 is 1.19 bits per heavy atom. The SMILES string of the molecule is Fc1cccnc1C1CCCN1c1ccn2ncc(-n3cc(Br)cn3)c2n1. The van der Waals surface area contributed by atoms with E-state index in [2.05, 4.69) is 36.0 Å². The Labute approximate surface area is 162 Å². The van der Waals surface area contributed by atoms with Crippen LogP contribution < -0.4 is 4.90 Å². The Hall–Kier alpha value is -2.81. The summed E-state index contributed by atoms with van der Waals surface area (Å²) in [6, 6.07) is 4.86. The maximum absolute atomic E-state index is 14.3. The normalized spacial score (nSPS) is 17.1. The summed E-state index contributed by atoms with van der Waals surface area (Å²) >= 11 is 3.41. The second-order valence-electron chi connectivity index (χ2n) is 6.41. The van der Waals surface area contributed by atoms with Crippen molar-refractivity contribution in [3.05, 3.63) is 65.2 Å². The molecule has 4 aromatic rings. The van der Waals surface area contributed by atoms with Crippen molar-refractivity contribution in [1.82, 2.24) is 29.4 Å². The van der Waals surface area contributed by atoms with E-state index in [4.69, 9.17) is 4.98 Å². The Balaban J connectivity index is 1.57. The monoisotopic (exact) mass is 427 g/mol. The first-order chi connectivity index (χ1) is 13.2. The average molecular weight is 428 g/mol. The number of rotatable bonds is 3. The van der Waals surface area contributed by atoms with Crippen molar-refractivity contribution in [2.45, 2.75) is 18.9 Å². The third-order valence-electron chi connectivity index (χ3n) is 4.78. The number of hydrogen-bond acceptors (Lipinski definition) is 5. The minimum absolute atomic E-state index is 0.119. The van der Waals surface area contributed by atoms with Crippen LogP contribution in [0.3, 0.4) is 0 Å². The van der Waals surface area contributed by atoms with Gasteiger partial charge in [-0.05, 0) is 47.0 Å². The molecule has 4 aromatic heterocycles. The Bertz CT molecular complexity index is 1120. The van der Waals surface area contributed by atoms with Gasteiger partial charge in [-0.25, -0.2) is 18.6 Å². The van der Waals surface area contributed by atoms with Crippen molar-refractivity contribution < 1.29 is 4.39 Å². The van der Waals surface area contributed by atoms with Gasteiger partial charge in [0.25, 0.3) is 0 Å². The van der Waals surface area contributed by atoms with E-state index < -0.39 is 0 Å². The minimum Gasteiger partial charge on any atom is -0.348 e. The molecule has 1 aliphatic rings. The third-order valence-corrected chi connectivity index (χ3v) is 5.19. The van der Waals surface area contributed by atoms with Gasteiger partial charge in [0, 0.05) is 25.1 Å². The molecule has 0 radical (unpaired) electrons. The molecule has 0 aliphatic carbocycles. The summed E-state index contributed by atoms with van der Waals surface area (Å²) in [4.78, 5) is 11.2. The van der Waals surface area contributed by atoms with Crippen LogP contribution in [0.15, 0.2) is 53.7 Å². The predicted octanol–water partition coefficient (Wildman–Crippen LogP) is 3.55. The first-order valence-corrected chi connectivity index (χ1v) is 9.42. The topological polar surface area (TPSA) is 64.1 Å². The Morgan fingerprint density at radius 3 is 2.93 bits per heavy atom. The van der Waals surface area contributed by atoms with E-state index in [1.165, 1.54) is 6.07 Å². The number of halogens is 2. The number of nitrogens with zero attached hydrogens (tertiary/aromatic N) is 7. The van der Waals surface area contributed by atoms with Crippen LogP contribution in [0.5, 0.6) is 0 Å². The molecule has 1 saturated heterocycles. The molecule has 1 atom stereocenters. The van der Waals surface area contributed by atoms with Crippen molar-refractivity contribution in [1.29, 1.82) is 0 Å². The highest BCUT2D eigenvalue weighted by Gasteiger charge is 2.30. The molecule has 136 valence electrons. The maximum atomic E-state index is 14.3. The van der Waals surface area contributed by atoms with Gasteiger partial charge in [-0.2, -0.15) is 10.2 Å². The molecule has 9 heteroatoms. The number of hydrogen-bond donors (Lipinski definition) is 0. The lowest BCUT2D eigenvalue weighted by Crippen LogP contribution is -2.25. The standard InChI is InChI=1S/C18H15BrFN7/c19-12-9-22-27(11-12)15-10-23-26-8-5-16(24-18(15)26)25-7-2-4-14(25)17-13(20)3-1-6-21-17/h1,3,5-6,8-11,14H,2,4,7H2. The van der Waals surface area contributed by atoms with Gasteiger partial charge in [0.15, 0.2) is 5.65 Å². The zero-order valence-electron chi connectivity index (χ0n) is 14.2. The fourth-order valence-electron chi connectivity index (χ4n) is 3.57. The lowest BCUT2D eigenvalue weighted by molar-refractivity contribution is 0.562. The molecule has 5 heterocycles. The van der Waals surface area contributed by atoms with Gasteiger partial charge in [-0.1, -0.05) is 0 Å². The summed E-state index contributed by atoms with van der Waals surface area (Å²) in [5, 5.41) is 8.66. The largest absolute Gasteiger partial charge is 0.348 e. The lowest BCUT2D eigenvalue weighted by atomic mass is 10.1. The highest BCUT2D eigenvalue weighted by atomic mass is 79.9. The van der Waals surface area contributed by atoms with E-state index in [0.717, 1.165) is 35.4 Å². The number of anilines is 1. The van der Waals surface area contributed by atoms with Gasteiger partial charge in [0.1, 0.15) is 17.3 Å². The highest BCUT2D eigenvalue weighted by Crippen LogP contribution is 2.35. The van der Waals surface area contributed by atoms with Crippen molar-refractivity contribution in [3.8, 4) is 5.69 Å². The predicted molar refractivity (Wildman–Crippen MR) is 101 cm³/mol. The fraction of sp³-hybridized carbons (Fsp3) is 0.222. The van der Waals surface area contributed by atoms with E-state index in [9.17, 15) is 4.39 Å². The molecule has 1 aliphatic heterocycles. The molecule has 0 spiro atoms. The molecule has 0 aromatic carbocycles. The van der Waals surface area contributed by atoms with E-state index in [1.807, 2.05) is 18.5 Å². The van der Waals surface area contributed by atoms with Crippen molar-refractivity contribution in [3.63, 3.8) is 0 Å². The lowest BCUT2D eigenvalue weighted by Gasteiger charge is -2.25. The second kappa shape index (κ2) is 6.41.